The van der Waals surface area contributed by atoms with E-state index in [0.29, 0.717) is 5.56 Å². The first-order chi connectivity index (χ1) is 18.8. The van der Waals surface area contributed by atoms with Crippen molar-refractivity contribution in [2.45, 2.75) is 18.8 Å². The molecular weight excluding hydrogens is 513 g/mol. The normalized spacial score (nSPS) is 14.0. The minimum absolute atomic E-state index is 0.0133. The molecule has 200 valence electrons. The maximum absolute atomic E-state index is 13.7. The number of carboxylic acids is 1. The van der Waals surface area contributed by atoms with E-state index in [1.54, 1.807) is 42.5 Å². The Hall–Kier alpha value is -4.19. The number of hydrogen-bond donors (Lipinski definition) is 3. The zero-order valence-corrected chi connectivity index (χ0v) is 22.1. The lowest BCUT2D eigenvalue weighted by Crippen LogP contribution is -2.31. The smallest absolute Gasteiger partial charge is 0.408 e. The molecule has 4 aromatic carbocycles. The molecule has 0 saturated carbocycles. The van der Waals surface area contributed by atoms with Crippen molar-refractivity contribution in [2.24, 2.45) is 5.92 Å². The maximum Gasteiger partial charge on any atom is 0.408 e. The van der Waals surface area contributed by atoms with Crippen LogP contribution in [0.4, 0.5) is 4.79 Å². The topological polar surface area (TPSA) is 113 Å². The van der Waals surface area contributed by atoms with Crippen LogP contribution in [0.5, 0.6) is 0 Å². The van der Waals surface area contributed by atoms with Gasteiger partial charge in [0.15, 0.2) is 0 Å². The number of amides is 1. The summed E-state index contributed by atoms with van der Waals surface area (Å²) in [6.07, 6.45) is -1.33. The molecule has 4 rings (SSSR count). The van der Waals surface area contributed by atoms with E-state index in [-0.39, 0.29) is 13.0 Å². The zero-order valence-electron chi connectivity index (χ0n) is 21.2. The molecule has 7 nitrogen and oxygen atoms in total. The van der Waals surface area contributed by atoms with E-state index in [2.05, 4.69) is 5.32 Å². The SMILES string of the molecule is O=C(N[C@@H](c1ccccc1)P(=O)(O)C[C@@H](Cc1ccc(-c2ccccc2)cc1)C(=O)O)OCc1ccccc1. The molecule has 0 fully saturated rings. The lowest BCUT2D eigenvalue weighted by atomic mass is 9.98. The van der Waals surface area contributed by atoms with Gasteiger partial charge in [0.2, 0.25) is 7.37 Å². The average Bonchev–Trinajstić information content (AvgIpc) is 2.96. The number of aliphatic carboxylic acids is 1. The van der Waals surface area contributed by atoms with Crippen molar-refractivity contribution in [3.8, 4) is 11.1 Å². The standard InChI is InChI=1S/C31H30NO6P/c33-30(34)28(20-23-16-18-26(19-17-23)25-12-6-2-7-13-25)22-39(36,37)29(27-14-8-3-9-15-27)32-31(35)38-21-24-10-4-1-5-11-24/h1-19,28-29H,20-22H2,(H,32,35)(H,33,34)(H,36,37)/t28-,29-/m1/s1. The molecule has 3 N–H and O–H groups in total. The molecule has 0 aliphatic rings. The third kappa shape index (κ3) is 7.90. The Labute approximate surface area is 227 Å². The van der Waals surface area contributed by atoms with E-state index < -0.39 is 37.3 Å². The summed E-state index contributed by atoms with van der Waals surface area (Å²) in [5.41, 5.74) is 3.90. The molecule has 0 saturated heterocycles. The second-order valence-corrected chi connectivity index (χ2v) is 11.7. The van der Waals surface area contributed by atoms with E-state index in [4.69, 9.17) is 4.74 Å². The van der Waals surface area contributed by atoms with Gasteiger partial charge in [-0.05, 0) is 34.2 Å². The van der Waals surface area contributed by atoms with Crippen molar-refractivity contribution in [2.75, 3.05) is 6.16 Å². The highest BCUT2D eigenvalue weighted by atomic mass is 31.2. The lowest BCUT2D eigenvalue weighted by molar-refractivity contribution is -0.141. The molecule has 0 bridgehead atoms. The molecule has 0 aliphatic heterocycles. The van der Waals surface area contributed by atoms with Crippen LogP contribution < -0.4 is 5.32 Å². The number of nitrogens with one attached hydrogen (secondary N) is 1. The minimum Gasteiger partial charge on any atom is -0.481 e. The molecule has 0 heterocycles. The van der Waals surface area contributed by atoms with Crippen molar-refractivity contribution >= 4 is 19.4 Å². The van der Waals surface area contributed by atoms with Gasteiger partial charge < -0.3 is 20.1 Å². The molecule has 8 heteroatoms. The molecule has 0 spiro atoms. The highest BCUT2D eigenvalue weighted by molar-refractivity contribution is 7.58. The van der Waals surface area contributed by atoms with Crippen LogP contribution >= 0.6 is 7.37 Å². The van der Waals surface area contributed by atoms with Crippen LogP contribution in [0.15, 0.2) is 115 Å². The van der Waals surface area contributed by atoms with Gasteiger partial charge in [0.1, 0.15) is 12.4 Å². The van der Waals surface area contributed by atoms with Crippen molar-refractivity contribution < 1.29 is 28.9 Å². The third-order valence-corrected chi connectivity index (χ3v) is 8.56. The van der Waals surface area contributed by atoms with Crippen LogP contribution in [0.1, 0.15) is 22.5 Å². The van der Waals surface area contributed by atoms with Gasteiger partial charge in [-0.25, -0.2) is 4.79 Å². The summed E-state index contributed by atoms with van der Waals surface area (Å²) >= 11 is 0. The number of hydrogen-bond acceptors (Lipinski definition) is 4. The third-order valence-electron chi connectivity index (χ3n) is 6.36. The monoisotopic (exact) mass is 543 g/mol. The van der Waals surface area contributed by atoms with Gasteiger partial charge in [0, 0.05) is 6.16 Å². The van der Waals surface area contributed by atoms with Crippen LogP contribution in [0, 0.1) is 5.92 Å². The number of rotatable bonds is 11. The number of carboxylic acid groups (broad SMARTS) is 1. The summed E-state index contributed by atoms with van der Waals surface area (Å²) in [7, 11) is -4.27. The molecule has 0 radical (unpaired) electrons. The first-order valence-electron chi connectivity index (χ1n) is 12.5. The van der Waals surface area contributed by atoms with Gasteiger partial charge >= 0.3 is 12.1 Å². The van der Waals surface area contributed by atoms with E-state index in [9.17, 15) is 24.2 Å². The molecule has 4 aromatic rings. The first-order valence-corrected chi connectivity index (χ1v) is 14.4. The summed E-state index contributed by atoms with van der Waals surface area (Å²) in [4.78, 5) is 36.0. The van der Waals surface area contributed by atoms with Crippen molar-refractivity contribution in [1.29, 1.82) is 0 Å². The van der Waals surface area contributed by atoms with E-state index in [1.807, 2.05) is 72.8 Å². The Morgan fingerprint density at radius 2 is 1.28 bits per heavy atom. The average molecular weight is 544 g/mol. The fourth-order valence-electron chi connectivity index (χ4n) is 4.33. The van der Waals surface area contributed by atoms with Gasteiger partial charge in [-0.3, -0.25) is 9.36 Å². The molecule has 1 unspecified atom stereocenters. The van der Waals surface area contributed by atoms with E-state index >= 15 is 0 Å². The van der Waals surface area contributed by atoms with E-state index in [0.717, 1.165) is 22.3 Å². The summed E-state index contributed by atoms with van der Waals surface area (Å²) in [6, 6.07) is 34.6. The Kier molecular flexibility index (Phi) is 9.31. The van der Waals surface area contributed by atoms with Gasteiger partial charge in [-0.15, -0.1) is 0 Å². The summed E-state index contributed by atoms with van der Waals surface area (Å²) in [5.74, 6) is -3.66. The molecule has 3 atom stereocenters. The largest absolute Gasteiger partial charge is 0.481 e. The van der Waals surface area contributed by atoms with Crippen molar-refractivity contribution in [3.05, 3.63) is 132 Å². The van der Waals surface area contributed by atoms with Crippen LogP contribution in [-0.2, 0) is 27.1 Å². The molecule has 1 amide bonds. The van der Waals surface area contributed by atoms with Crippen molar-refractivity contribution in [1.82, 2.24) is 5.32 Å². The number of carbonyl (C=O) groups excluding carboxylic acids is 1. The van der Waals surface area contributed by atoms with Gasteiger partial charge in [0.25, 0.3) is 0 Å². The van der Waals surface area contributed by atoms with Gasteiger partial charge in [-0.2, -0.15) is 0 Å². The Balaban J connectivity index is 1.49. The van der Waals surface area contributed by atoms with E-state index in [1.165, 1.54) is 0 Å². The molecule has 0 aromatic heterocycles. The predicted octanol–water partition coefficient (Wildman–Crippen LogP) is 6.49. The van der Waals surface area contributed by atoms with Crippen LogP contribution in [-0.4, -0.2) is 28.2 Å². The molecule has 39 heavy (non-hydrogen) atoms. The highest BCUT2D eigenvalue weighted by Gasteiger charge is 2.38. The second-order valence-electron chi connectivity index (χ2n) is 9.26. The van der Waals surface area contributed by atoms with Crippen LogP contribution in [0.25, 0.3) is 11.1 Å². The highest BCUT2D eigenvalue weighted by Crippen LogP contribution is 2.55. The first kappa shape index (κ1) is 27.8. The minimum atomic E-state index is -4.27. The number of carbonyl (C=O) groups is 2. The Morgan fingerprint density at radius 3 is 1.87 bits per heavy atom. The molecular formula is C31H30NO6P. The predicted molar refractivity (Wildman–Crippen MR) is 150 cm³/mol. The van der Waals surface area contributed by atoms with Gasteiger partial charge in [-0.1, -0.05) is 115 Å². The lowest BCUT2D eigenvalue weighted by Gasteiger charge is -2.26. The maximum atomic E-state index is 13.7. The second kappa shape index (κ2) is 13.1. The van der Waals surface area contributed by atoms with Crippen LogP contribution in [0.2, 0.25) is 0 Å². The Morgan fingerprint density at radius 1 is 0.744 bits per heavy atom. The van der Waals surface area contributed by atoms with Gasteiger partial charge in [0.05, 0.1) is 5.92 Å². The molecule has 0 aliphatic carbocycles. The Bertz CT molecular complexity index is 1410. The summed E-state index contributed by atoms with van der Waals surface area (Å²) in [6.45, 7) is -0.0133. The number of ether oxygens (including phenoxy) is 1. The fourth-order valence-corrected chi connectivity index (χ4v) is 6.40. The summed E-state index contributed by atoms with van der Waals surface area (Å²) < 4.78 is 19.0. The van der Waals surface area contributed by atoms with Crippen molar-refractivity contribution in [3.63, 3.8) is 0 Å². The van der Waals surface area contributed by atoms with Crippen LogP contribution in [0.3, 0.4) is 0 Å². The summed E-state index contributed by atoms with van der Waals surface area (Å²) in [5, 5.41) is 12.4. The number of alkyl carbamates (subject to hydrolysis) is 1. The number of benzene rings is 4. The quantitative estimate of drug-likeness (QED) is 0.186. The fraction of sp³-hybridized carbons (Fsp3) is 0.161. The zero-order chi connectivity index (χ0) is 27.7.